The minimum absolute atomic E-state index is 0.177. The van der Waals surface area contributed by atoms with Crippen molar-refractivity contribution in [2.24, 2.45) is 5.92 Å². The average molecular weight is 360 g/mol. The summed E-state index contributed by atoms with van der Waals surface area (Å²) in [7, 11) is 0. The molecular weight excluding hydrogens is 330 g/mol. The molecule has 0 saturated carbocycles. The summed E-state index contributed by atoms with van der Waals surface area (Å²) >= 11 is 5.56. The van der Waals surface area contributed by atoms with Gasteiger partial charge in [0.25, 0.3) is 0 Å². The number of amides is 1. The summed E-state index contributed by atoms with van der Waals surface area (Å²) in [5.41, 5.74) is 2.27. The molecule has 3 rings (SSSR count). The molecule has 136 valence electrons. The van der Waals surface area contributed by atoms with Crippen molar-refractivity contribution in [3.05, 3.63) is 29.8 Å². The zero-order valence-electron chi connectivity index (χ0n) is 15.2. The number of anilines is 1. The van der Waals surface area contributed by atoms with Crippen LogP contribution in [0.15, 0.2) is 24.3 Å². The second-order valence-electron chi connectivity index (χ2n) is 7.30. The van der Waals surface area contributed by atoms with Gasteiger partial charge in [-0.2, -0.15) is 0 Å². The third kappa shape index (κ3) is 4.94. The first kappa shape index (κ1) is 18.2. The molecule has 5 heteroatoms. The Labute approximate surface area is 156 Å². The van der Waals surface area contributed by atoms with Crippen LogP contribution in [0, 0.1) is 12.8 Å². The molecule has 2 saturated heterocycles. The normalized spacial score (nSPS) is 19.4. The van der Waals surface area contributed by atoms with Gasteiger partial charge >= 0.3 is 0 Å². The van der Waals surface area contributed by atoms with Gasteiger partial charge in [-0.25, -0.2) is 0 Å². The van der Waals surface area contributed by atoms with Gasteiger partial charge in [0.2, 0.25) is 5.91 Å². The highest BCUT2D eigenvalue weighted by Crippen LogP contribution is 2.22. The summed E-state index contributed by atoms with van der Waals surface area (Å²) in [5, 5.41) is 4.08. The largest absolute Gasteiger partial charge is 0.349 e. The van der Waals surface area contributed by atoms with Crippen molar-refractivity contribution in [3.63, 3.8) is 0 Å². The van der Waals surface area contributed by atoms with E-state index in [-0.39, 0.29) is 5.92 Å². The lowest BCUT2D eigenvalue weighted by molar-refractivity contribution is -0.136. The molecule has 1 aromatic carbocycles. The second kappa shape index (κ2) is 8.65. The van der Waals surface area contributed by atoms with Crippen LogP contribution in [0.1, 0.15) is 44.1 Å². The molecule has 1 amide bonds. The summed E-state index contributed by atoms with van der Waals surface area (Å²) in [5.74, 6) is 0.551. The number of carbonyl (C=O) groups excluding carboxylic acids is 1. The van der Waals surface area contributed by atoms with Crippen LogP contribution in [0.4, 0.5) is 5.69 Å². The molecule has 1 aromatic rings. The highest BCUT2D eigenvalue weighted by atomic mass is 32.1. The van der Waals surface area contributed by atoms with Crippen molar-refractivity contribution in [2.45, 2.75) is 45.4 Å². The number of piperidine rings is 1. The standard InChI is InChI=1S/C20H29N3OS/c1-16-6-8-18(9-7-16)21-20(25)23-14-10-17(11-15-23)19(24)22-12-4-2-3-5-13-22/h6-9,17H,2-5,10-15H2,1H3,(H,21,25). The lowest BCUT2D eigenvalue weighted by atomic mass is 9.95. The van der Waals surface area contributed by atoms with Gasteiger partial charge in [-0.1, -0.05) is 30.5 Å². The van der Waals surface area contributed by atoms with E-state index >= 15 is 0 Å². The maximum absolute atomic E-state index is 12.8. The molecule has 0 unspecified atom stereocenters. The number of hydrogen-bond acceptors (Lipinski definition) is 2. The lowest BCUT2D eigenvalue weighted by Gasteiger charge is -2.35. The minimum atomic E-state index is 0.177. The quantitative estimate of drug-likeness (QED) is 0.815. The Morgan fingerprint density at radius 2 is 1.56 bits per heavy atom. The van der Waals surface area contributed by atoms with Gasteiger partial charge < -0.3 is 15.1 Å². The first-order valence-corrected chi connectivity index (χ1v) is 9.96. The number of rotatable bonds is 2. The van der Waals surface area contributed by atoms with Gasteiger partial charge in [0.05, 0.1) is 0 Å². The molecule has 2 aliphatic rings. The second-order valence-corrected chi connectivity index (χ2v) is 7.68. The van der Waals surface area contributed by atoms with Gasteiger partial charge in [-0.05, 0) is 57.0 Å². The Morgan fingerprint density at radius 3 is 2.16 bits per heavy atom. The number of hydrogen-bond donors (Lipinski definition) is 1. The van der Waals surface area contributed by atoms with E-state index in [1.807, 2.05) is 0 Å². The SMILES string of the molecule is Cc1ccc(NC(=S)N2CCC(C(=O)N3CCCCCC3)CC2)cc1. The Morgan fingerprint density at radius 1 is 0.960 bits per heavy atom. The number of nitrogens with zero attached hydrogens (tertiary/aromatic N) is 2. The fourth-order valence-corrected chi connectivity index (χ4v) is 4.02. The molecular formula is C20H29N3OS. The monoisotopic (exact) mass is 359 g/mol. The predicted octanol–water partition coefficient (Wildman–Crippen LogP) is 3.81. The van der Waals surface area contributed by atoms with E-state index in [1.165, 1.54) is 18.4 Å². The topological polar surface area (TPSA) is 35.6 Å². The van der Waals surface area contributed by atoms with E-state index in [0.717, 1.165) is 62.7 Å². The van der Waals surface area contributed by atoms with Gasteiger partial charge in [-0.15, -0.1) is 0 Å². The lowest BCUT2D eigenvalue weighted by Crippen LogP contribution is -2.45. The van der Waals surface area contributed by atoms with Crippen molar-refractivity contribution in [1.82, 2.24) is 9.80 Å². The molecule has 2 heterocycles. The fraction of sp³-hybridized carbons (Fsp3) is 0.600. The van der Waals surface area contributed by atoms with Crippen LogP contribution in [0.5, 0.6) is 0 Å². The summed E-state index contributed by atoms with van der Waals surface area (Å²) < 4.78 is 0. The highest BCUT2D eigenvalue weighted by Gasteiger charge is 2.29. The smallest absolute Gasteiger partial charge is 0.225 e. The van der Waals surface area contributed by atoms with E-state index < -0.39 is 0 Å². The third-order valence-corrected chi connectivity index (χ3v) is 5.71. The van der Waals surface area contributed by atoms with Crippen molar-refractivity contribution >= 4 is 28.9 Å². The summed E-state index contributed by atoms with van der Waals surface area (Å²) in [4.78, 5) is 17.1. The van der Waals surface area contributed by atoms with E-state index in [0.29, 0.717) is 5.91 Å². The number of carbonyl (C=O) groups is 1. The molecule has 25 heavy (non-hydrogen) atoms. The van der Waals surface area contributed by atoms with E-state index in [2.05, 4.69) is 46.3 Å². The highest BCUT2D eigenvalue weighted by molar-refractivity contribution is 7.80. The molecule has 0 aromatic heterocycles. The summed E-state index contributed by atoms with van der Waals surface area (Å²) in [6.07, 6.45) is 6.67. The van der Waals surface area contributed by atoms with Crippen LogP contribution in [0.3, 0.4) is 0 Å². The average Bonchev–Trinajstić information content (AvgIpc) is 2.92. The van der Waals surface area contributed by atoms with Crippen molar-refractivity contribution < 1.29 is 4.79 Å². The number of benzene rings is 1. The number of aryl methyl sites for hydroxylation is 1. The van der Waals surface area contributed by atoms with E-state index in [9.17, 15) is 4.79 Å². The van der Waals surface area contributed by atoms with Crippen LogP contribution < -0.4 is 5.32 Å². The Hall–Kier alpha value is -1.62. The molecule has 4 nitrogen and oxygen atoms in total. The summed E-state index contributed by atoms with van der Waals surface area (Å²) in [6, 6.07) is 8.27. The third-order valence-electron chi connectivity index (χ3n) is 5.35. The molecule has 0 spiro atoms. The van der Waals surface area contributed by atoms with Gasteiger partial charge in [0, 0.05) is 37.8 Å². The molecule has 0 aliphatic carbocycles. The van der Waals surface area contributed by atoms with Gasteiger partial charge in [0.15, 0.2) is 5.11 Å². The van der Waals surface area contributed by atoms with E-state index in [4.69, 9.17) is 12.2 Å². The van der Waals surface area contributed by atoms with Crippen LogP contribution in [-0.2, 0) is 4.79 Å². The molecule has 0 bridgehead atoms. The van der Waals surface area contributed by atoms with Crippen molar-refractivity contribution in [1.29, 1.82) is 0 Å². The van der Waals surface area contributed by atoms with Gasteiger partial charge in [-0.3, -0.25) is 4.79 Å². The van der Waals surface area contributed by atoms with Crippen LogP contribution in [0.2, 0.25) is 0 Å². The molecule has 2 aliphatic heterocycles. The minimum Gasteiger partial charge on any atom is -0.349 e. The van der Waals surface area contributed by atoms with Crippen LogP contribution in [0.25, 0.3) is 0 Å². The fourth-order valence-electron chi connectivity index (χ4n) is 3.72. The number of thiocarbonyl (C=S) groups is 1. The van der Waals surface area contributed by atoms with Crippen LogP contribution >= 0.6 is 12.2 Å². The molecule has 0 atom stereocenters. The Bertz CT molecular complexity index is 585. The van der Waals surface area contributed by atoms with Crippen LogP contribution in [-0.4, -0.2) is 47.0 Å². The summed E-state index contributed by atoms with van der Waals surface area (Å²) in [6.45, 7) is 5.71. The van der Waals surface area contributed by atoms with Gasteiger partial charge in [0.1, 0.15) is 0 Å². The van der Waals surface area contributed by atoms with E-state index in [1.54, 1.807) is 0 Å². The molecule has 1 N–H and O–H groups in total. The maximum Gasteiger partial charge on any atom is 0.225 e. The number of likely N-dealkylation sites (tertiary alicyclic amines) is 2. The zero-order chi connectivity index (χ0) is 17.6. The van der Waals surface area contributed by atoms with Crippen molar-refractivity contribution in [2.75, 3.05) is 31.5 Å². The maximum atomic E-state index is 12.8. The number of nitrogens with one attached hydrogen (secondary N) is 1. The molecule has 2 fully saturated rings. The Kier molecular flexibility index (Phi) is 6.29. The molecule has 0 radical (unpaired) electrons. The first-order chi connectivity index (χ1) is 12.1. The zero-order valence-corrected chi connectivity index (χ0v) is 16.0. The first-order valence-electron chi connectivity index (χ1n) is 9.55. The Balaban J connectivity index is 1.48. The predicted molar refractivity (Wildman–Crippen MR) is 107 cm³/mol. The van der Waals surface area contributed by atoms with Crippen molar-refractivity contribution in [3.8, 4) is 0 Å².